The highest BCUT2D eigenvalue weighted by molar-refractivity contribution is 5.97. The summed E-state index contributed by atoms with van der Waals surface area (Å²) in [6, 6.07) is 5.39. The number of rotatable bonds is 4. The Kier molecular flexibility index (Phi) is 4.66. The maximum Gasteiger partial charge on any atom is 0.339 e. The molecule has 0 unspecified atom stereocenters. The Morgan fingerprint density at radius 2 is 2.16 bits per heavy atom. The molecule has 0 aliphatic rings. The number of allylic oxidation sites excluding steroid dienone is 1. The molecule has 6 nitrogen and oxygen atoms in total. The molecular formula is C13H11NO5. The van der Waals surface area contributed by atoms with Crippen molar-refractivity contribution >= 4 is 17.5 Å². The van der Waals surface area contributed by atoms with Crippen LogP contribution >= 0.6 is 0 Å². The average molecular weight is 261 g/mol. The van der Waals surface area contributed by atoms with Crippen LogP contribution in [-0.2, 0) is 9.53 Å². The van der Waals surface area contributed by atoms with E-state index in [2.05, 4.69) is 4.74 Å². The second-order valence-corrected chi connectivity index (χ2v) is 3.46. The summed E-state index contributed by atoms with van der Waals surface area (Å²) < 4.78 is 4.66. The summed E-state index contributed by atoms with van der Waals surface area (Å²) in [6.07, 6.45) is 0.974. The minimum absolute atomic E-state index is 0.0408. The number of nitrogens with zero attached hydrogens (tertiary/aromatic N) is 1. The number of esters is 1. The van der Waals surface area contributed by atoms with Crippen molar-refractivity contribution in [2.75, 3.05) is 6.61 Å². The molecule has 0 bridgehead atoms. The second kappa shape index (κ2) is 6.21. The summed E-state index contributed by atoms with van der Waals surface area (Å²) in [5.74, 6) is -2.43. The highest BCUT2D eigenvalue weighted by Gasteiger charge is 2.13. The van der Waals surface area contributed by atoms with Crippen molar-refractivity contribution in [1.29, 1.82) is 5.26 Å². The molecule has 19 heavy (non-hydrogen) atoms. The highest BCUT2D eigenvalue weighted by atomic mass is 16.5. The van der Waals surface area contributed by atoms with E-state index in [0.29, 0.717) is 0 Å². The number of ether oxygens (including phenoxy) is 1. The van der Waals surface area contributed by atoms with Crippen molar-refractivity contribution in [2.45, 2.75) is 6.92 Å². The quantitative estimate of drug-likeness (QED) is 0.483. The topological polar surface area (TPSA) is 108 Å². The van der Waals surface area contributed by atoms with Gasteiger partial charge in [0.25, 0.3) is 0 Å². The molecule has 0 saturated heterocycles. The van der Waals surface area contributed by atoms with E-state index in [1.54, 1.807) is 13.0 Å². The van der Waals surface area contributed by atoms with Gasteiger partial charge in [0, 0.05) is 6.08 Å². The maximum absolute atomic E-state index is 11.3. The predicted molar refractivity (Wildman–Crippen MR) is 65.3 cm³/mol. The van der Waals surface area contributed by atoms with Crippen molar-refractivity contribution in [2.24, 2.45) is 0 Å². The van der Waals surface area contributed by atoms with Gasteiger partial charge in [0.05, 0.1) is 12.2 Å². The number of phenols is 1. The lowest BCUT2D eigenvalue weighted by molar-refractivity contribution is -0.137. The van der Waals surface area contributed by atoms with Gasteiger partial charge in [-0.25, -0.2) is 9.59 Å². The smallest absolute Gasteiger partial charge is 0.339 e. The Morgan fingerprint density at radius 1 is 1.47 bits per heavy atom. The lowest BCUT2D eigenvalue weighted by Crippen LogP contribution is -2.02. The predicted octanol–water partition coefficient (Wildman–Crippen LogP) is 1.56. The molecule has 0 radical (unpaired) electrons. The number of carboxylic acids is 1. The van der Waals surface area contributed by atoms with Crippen LogP contribution in [0.5, 0.6) is 5.75 Å². The first-order valence-electron chi connectivity index (χ1n) is 5.34. The first-order valence-corrected chi connectivity index (χ1v) is 5.34. The molecule has 0 atom stereocenters. The van der Waals surface area contributed by atoms with Gasteiger partial charge in [0.15, 0.2) is 0 Å². The molecule has 98 valence electrons. The lowest BCUT2D eigenvalue weighted by atomic mass is 10.0. The summed E-state index contributed by atoms with van der Waals surface area (Å²) >= 11 is 0. The Bertz CT molecular complexity index is 583. The Hall–Kier alpha value is -2.81. The zero-order chi connectivity index (χ0) is 14.4. The molecule has 0 spiro atoms. The van der Waals surface area contributed by atoms with E-state index >= 15 is 0 Å². The largest absolute Gasteiger partial charge is 0.507 e. The Morgan fingerprint density at radius 3 is 2.68 bits per heavy atom. The van der Waals surface area contributed by atoms with Crippen molar-refractivity contribution in [3.05, 3.63) is 35.4 Å². The number of hydrogen-bond acceptors (Lipinski definition) is 5. The van der Waals surface area contributed by atoms with Crippen LogP contribution in [0.25, 0.3) is 5.57 Å². The van der Waals surface area contributed by atoms with Crippen LogP contribution in [0.15, 0.2) is 24.3 Å². The molecule has 1 aromatic carbocycles. The summed E-state index contributed by atoms with van der Waals surface area (Å²) in [4.78, 5) is 22.1. The first kappa shape index (κ1) is 14.3. The first-order chi connectivity index (χ1) is 8.99. The van der Waals surface area contributed by atoms with Gasteiger partial charge in [0.2, 0.25) is 0 Å². The van der Waals surface area contributed by atoms with E-state index in [9.17, 15) is 14.7 Å². The van der Waals surface area contributed by atoms with Crippen LogP contribution in [-0.4, -0.2) is 28.8 Å². The fourth-order valence-electron chi connectivity index (χ4n) is 1.36. The normalized spacial score (nSPS) is 10.6. The number of nitriles is 1. The third kappa shape index (κ3) is 3.57. The molecule has 0 fully saturated rings. The number of aromatic hydroxyl groups is 1. The van der Waals surface area contributed by atoms with Crippen molar-refractivity contribution in [3.8, 4) is 11.8 Å². The number of carbonyl (C=O) groups excluding carboxylic acids is 1. The molecule has 0 aliphatic carbocycles. The third-order valence-corrected chi connectivity index (χ3v) is 2.21. The number of aromatic carboxylic acids is 1. The van der Waals surface area contributed by atoms with Crippen LogP contribution < -0.4 is 0 Å². The van der Waals surface area contributed by atoms with Crippen LogP contribution in [0.3, 0.4) is 0 Å². The average Bonchev–Trinajstić information content (AvgIpc) is 2.36. The number of hydrogen-bond donors (Lipinski definition) is 2. The van der Waals surface area contributed by atoms with E-state index in [1.165, 1.54) is 6.07 Å². The van der Waals surface area contributed by atoms with Crippen molar-refractivity contribution in [1.82, 2.24) is 0 Å². The summed E-state index contributed by atoms with van der Waals surface area (Å²) in [7, 11) is 0. The second-order valence-electron chi connectivity index (χ2n) is 3.46. The minimum atomic E-state index is -1.33. The van der Waals surface area contributed by atoms with Crippen molar-refractivity contribution in [3.63, 3.8) is 0 Å². The van der Waals surface area contributed by atoms with Crippen LogP contribution in [0.2, 0.25) is 0 Å². The van der Waals surface area contributed by atoms with Gasteiger partial charge in [-0.1, -0.05) is 0 Å². The fraction of sp³-hybridized carbons (Fsp3) is 0.154. The van der Waals surface area contributed by atoms with Crippen LogP contribution in [0.4, 0.5) is 0 Å². The molecule has 0 heterocycles. The van der Waals surface area contributed by atoms with Crippen LogP contribution in [0.1, 0.15) is 22.8 Å². The van der Waals surface area contributed by atoms with Gasteiger partial charge in [-0.05, 0) is 30.7 Å². The van der Waals surface area contributed by atoms with Gasteiger partial charge < -0.3 is 14.9 Å². The highest BCUT2D eigenvalue weighted by Crippen LogP contribution is 2.23. The molecule has 6 heteroatoms. The molecule has 0 aromatic heterocycles. The molecule has 0 saturated carbocycles. The van der Waals surface area contributed by atoms with Gasteiger partial charge in [0.1, 0.15) is 17.4 Å². The maximum atomic E-state index is 11.3. The zero-order valence-electron chi connectivity index (χ0n) is 10.1. The van der Waals surface area contributed by atoms with E-state index in [4.69, 9.17) is 10.4 Å². The van der Waals surface area contributed by atoms with Gasteiger partial charge in [-0.2, -0.15) is 5.26 Å². The minimum Gasteiger partial charge on any atom is -0.507 e. The van der Waals surface area contributed by atoms with Gasteiger partial charge >= 0.3 is 11.9 Å². The van der Waals surface area contributed by atoms with Crippen LogP contribution in [0, 0.1) is 11.3 Å². The Balaban J connectivity index is 3.21. The van der Waals surface area contributed by atoms with Crippen molar-refractivity contribution < 1.29 is 24.5 Å². The summed E-state index contributed by atoms with van der Waals surface area (Å²) in [6.45, 7) is 1.80. The standard InChI is InChI=1S/C13H11NO5/c1-2-19-12(16)6-9(7-14)8-3-4-11(15)10(5-8)13(17)18/h3-6,15H,2H2,1H3,(H,17,18). The molecular weight excluding hydrogens is 250 g/mol. The number of carboxylic acid groups (broad SMARTS) is 1. The van der Waals surface area contributed by atoms with E-state index in [-0.39, 0.29) is 23.3 Å². The molecule has 1 aromatic rings. The molecule has 0 aliphatic heterocycles. The lowest BCUT2D eigenvalue weighted by Gasteiger charge is -2.03. The molecule has 2 N–H and O–H groups in total. The van der Waals surface area contributed by atoms with Gasteiger partial charge in [-0.15, -0.1) is 0 Å². The third-order valence-electron chi connectivity index (χ3n) is 2.21. The van der Waals surface area contributed by atoms with Gasteiger partial charge in [-0.3, -0.25) is 0 Å². The number of benzene rings is 1. The SMILES string of the molecule is CCOC(=O)C=C(C#N)c1ccc(O)c(C(=O)O)c1. The monoisotopic (exact) mass is 261 g/mol. The molecule has 0 amide bonds. The Labute approximate surface area is 109 Å². The van der Waals surface area contributed by atoms with E-state index < -0.39 is 17.7 Å². The fourth-order valence-corrected chi connectivity index (χ4v) is 1.36. The summed E-state index contributed by atoms with van der Waals surface area (Å²) in [5.41, 5.74) is -0.172. The molecule has 1 rings (SSSR count). The van der Waals surface area contributed by atoms with E-state index in [1.807, 2.05) is 0 Å². The zero-order valence-corrected chi connectivity index (χ0v) is 10.1. The number of carbonyl (C=O) groups is 2. The summed E-state index contributed by atoms with van der Waals surface area (Å²) in [5, 5.41) is 27.2. The van der Waals surface area contributed by atoms with E-state index in [0.717, 1.165) is 18.2 Å².